The highest BCUT2D eigenvalue weighted by Crippen LogP contribution is 2.20. The summed E-state index contributed by atoms with van der Waals surface area (Å²) in [5, 5.41) is 12.0. The number of rotatable bonds is 6. The number of benzene rings is 1. The molecule has 1 aromatic rings. The molecule has 1 aromatic carbocycles. The Bertz CT molecular complexity index is 326. The fraction of sp³-hybridized carbons (Fsp3) is 0.538. The molecule has 1 atom stereocenters. The molecule has 0 amide bonds. The van der Waals surface area contributed by atoms with Gasteiger partial charge in [0.25, 0.3) is 0 Å². The van der Waals surface area contributed by atoms with Gasteiger partial charge in [-0.25, -0.2) is 0 Å². The molecule has 1 rings (SSSR count). The van der Waals surface area contributed by atoms with Gasteiger partial charge in [-0.2, -0.15) is 0 Å². The second-order valence-corrected chi connectivity index (χ2v) is 4.08. The Morgan fingerprint density at radius 2 is 2.12 bits per heavy atom. The average molecular weight is 223 g/mol. The van der Waals surface area contributed by atoms with Crippen molar-refractivity contribution in [2.75, 3.05) is 19.8 Å². The monoisotopic (exact) mass is 223 g/mol. The van der Waals surface area contributed by atoms with Gasteiger partial charge in [-0.05, 0) is 38.0 Å². The molecule has 2 N–H and O–H groups in total. The van der Waals surface area contributed by atoms with Crippen LogP contribution in [0.25, 0.3) is 0 Å². The number of hydrogen-bond acceptors (Lipinski definition) is 3. The van der Waals surface area contributed by atoms with Crippen molar-refractivity contribution in [2.24, 2.45) is 0 Å². The highest BCUT2D eigenvalue weighted by molar-refractivity contribution is 5.38. The fourth-order valence-corrected chi connectivity index (χ4v) is 1.41. The van der Waals surface area contributed by atoms with Crippen LogP contribution in [0.4, 0.5) is 0 Å². The van der Waals surface area contributed by atoms with Gasteiger partial charge in [-0.1, -0.05) is 12.1 Å². The lowest BCUT2D eigenvalue weighted by Crippen LogP contribution is -2.32. The first-order valence-corrected chi connectivity index (χ1v) is 5.68. The van der Waals surface area contributed by atoms with E-state index in [9.17, 15) is 0 Å². The van der Waals surface area contributed by atoms with Gasteiger partial charge in [0.2, 0.25) is 0 Å². The number of aliphatic hydroxyl groups excluding tert-OH is 1. The Morgan fingerprint density at radius 3 is 2.81 bits per heavy atom. The SMILES string of the molecule is Cc1cccc(OCCNC(C)CO)c1C. The Hall–Kier alpha value is -1.06. The Morgan fingerprint density at radius 1 is 1.38 bits per heavy atom. The molecular weight excluding hydrogens is 202 g/mol. The number of aryl methyl sites for hydroxylation is 1. The number of ether oxygens (including phenoxy) is 1. The lowest BCUT2D eigenvalue weighted by atomic mass is 10.1. The zero-order valence-corrected chi connectivity index (χ0v) is 10.3. The zero-order chi connectivity index (χ0) is 12.0. The van der Waals surface area contributed by atoms with Gasteiger partial charge in [-0.3, -0.25) is 0 Å². The van der Waals surface area contributed by atoms with Crippen LogP contribution in [-0.4, -0.2) is 30.9 Å². The third-order valence-electron chi connectivity index (χ3n) is 2.68. The van der Waals surface area contributed by atoms with Crippen LogP contribution in [-0.2, 0) is 0 Å². The first-order valence-electron chi connectivity index (χ1n) is 5.68. The summed E-state index contributed by atoms with van der Waals surface area (Å²) >= 11 is 0. The maximum Gasteiger partial charge on any atom is 0.122 e. The molecule has 0 bridgehead atoms. The lowest BCUT2D eigenvalue weighted by molar-refractivity contribution is 0.239. The van der Waals surface area contributed by atoms with Crippen LogP contribution >= 0.6 is 0 Å². The molecule has 3 heteroatoms. The van der Waals surface area contributed by atoms with Crippen LogP contribution in [0.15, 0.2) is 18.2 Å². The van der Waals surface area contributed by atoms with E-state index >= 15 is 0 Å². The van der Waals surface area contributed by atoms with Gasteiger partial charge >= 0.3 is 0 Å². The van der Waals surface area contributed by atoms with E-state index in [1.54, 1.807) is 0 Å². The maximum atomic E-state index is 8.83. The van der Waals surface area contributed by atoms with E-state index < -0.39 is 0 Å². The molecule has 0 aliphatic rings. The molecule has 0 fully saturated rings. The lowest BCUT2D eigenvalue weighted by Gasteiger charge is -2.13. The third kappa shape index (κ3) is 3.83. The van der Waals surface area contributed by atoms with E-state index in [1.165, 1.54) is 11.1 Å². The van der Waals surface area contributed by atoms with Crippen molar-refractivity contribution in [3.63, 3.8) is 0 Å². The summed E-state index contributed by atoms with van der Waals surface area (Å²) in [6.07, 6.45) is 0. The zero-order valence-electron chi connectivity index (χ0n) is 10.3. The first-order chi connectivity index (χ1) is 7.65. The summed E-state index contributed by atoms with van der Waals surface area (Å²) in [5.41, 5.74) is 2.44. The average Bonchev–Trinajstić information content (AvgIpc) is 2.29. The summed E-state index contributed by atoms with van der Waals surface area (Å²) in [5.74, 6) is 0.943. The van der Waals surface area contributed by atoms with Gasteiger partial charge in [0, 0.05) is 12.6 Å². The summed E-state index contributed by atoms with van der Waals surface area (Å²) < 4.78 is 5.67. The summed E-state index contributed by atoms with van der Waals surface area (Å²) in [6, 6.07) is 6.19. The van der Waals surface area contributed by atoms with Gasteiger partial charge < -0.3 is 15.2 Å². The highest BCUT2D eigenvalue weighted by Gasteiger charge is 2.02. The smallest absolute Gasteiger partial charge is 0.122 e. The van der Waals surface area contributed by atoms with Crippen molar-refractivity contribution in [3.8, 4) is 5.75 Å². The fourth-order valence-electron chi connectivity index (χ4n) is 1.41. The molecule has 0 saturated heterocycles. The quantitative estimate of drug-likeness (QED) is 0.721. The highest BCUT2D eigenvalue weighted by atomic mass is 16.5. The molecular formula is C13H21NO2. The van der Waals surface area contributed by atoms with Crippen LogP contribution in [0.3, 0.4) is 0 Å². The van der Waals surface area contributed by atoms with E-state index in [0.29, 0.717) is 6.61 Å². The van der Waals surface area contributed by atoms with Crippen LogP contribution in [0.1, 0.15) is 18.1 Å². The summed E-state index contributed by atoms with van der Waals surface area (Å²) in [4.78, 5) is 0. The van der Waals surface area contributed by atoms with Gasteiger partial charge in [0.15, 0.2) is 0 Å². The molecule has 0 aliphatic carbocycles. The number of aliphatic hydroxyl groups is 1. The second kappa shape index (κ2) is 6.51. The van der Waals surface area contributed by atoms with Gasteiger partial charge in [0.05, 0.1) is 6.61 Å². The van der Waals surface area contributed by atoms with Crippen molar-refractivity contribution in [1.82, 2.24) is 5.32 Å². The van der Waals surface area contributed by atoms with E-state index in [0.717, 1.165) is 12.3 Å². The molecule has 0 aromatic heterocycles. The third-order valence-corrected chi connectivity index (χ3v) is 2.68. The number of hydrogen-bond donors (Lipinski definition) is 2. The molecule has 0 saturated carbocycles. The van der Waals surface area contributed by atoms with E-state index in [4.69, 9.17) is 9.84 Å². The molecule has 90 valence electrons. The van der Waals surface area contributed by atoms with E-state index in [2.05, 4.69) is 25.2 Å². The second-order valence-electron chi connectivity index (χ2n) is 4.08. The normalized spacial score (nSPS) is 12.5. The van der Waals surface area contributed by atoms with Crippen molar-refractivity contribution in [2.45, 2.75) is 26.8 Å². The van der Waals surface area contributed by atoms with Crippen molar-refractivity contribution < 1.29 is 9.84 Å². The maximum absolute atomic E-state index is 8.83. The van der Waals surface area contributed by atoms with Gasteiger partial charge in [-0.15, -0.1) is 0 Å². The molecule has 0 aliphatic heterocycles. The van der Waals surface area contributed by atoms with Crippen LogP contribution in [0.2, 0.25) is 0 Å². The first kappa shape index (κ1) is 13.0. The minimum atomic E-state index is 0.127. The standard InChI is InChI=1S/C13H21NO2/c1-10-5-4-6-13(12(10)3)16-8-7-14-11(2)9-15/h4-6,11,14-15H,7-9H2,1-3H3. The predicted octanol–water partition coefficient (Wildman–Crippen LogP) is 1.65. The van der Waals surface area contributed by atoms with Crippen molar-refractivity contribution >= 4 is 0 Å². The van der Waals surface area contributed by atoms with E-state index in [1.807, 2.05) is 19.1 Å². The van der Waals surface area contributed by atoms with Crippen LogP contribution in [0, 0.1) is 13.8 Å². The largest absolute Gasteiger partial charge is 0.492 e. The molecule has 3 nitrogen and oxygen atoms in total. The Labute approximate surface area is 97.4 Å². The summed E-state index contributed by atoms with van der Waals surface area (Å²) in [6.45, 7) is 7.61. The minimum absolute atomic E-state index is 0.127. The van der Waals surface area contributed by atoms with Crippen LogP contribution < -0.4 is 10.1 Å². The predicted molar refractivity (Wildman–Crippen MR) is 66.0 cm³/mol. The topological polar surface area (TPSA) is 41.5 Å². The molecule has 16 heavy (non-hydrogen) atoms. The molecule has 1 unspecified atom stereocenters. The Balaban J connectivity index is 2.35. The van der Waals surface area contributed by atoms with Crippen molar-refractivity contribution in [3.05, 3.63) is 29.3 Å². The molecule has 0 spiro atoms. The number of nitrogens with one attached hydrogen (secondary N) is 1. The van der Waals surface area contributed by atoms with Crippen LogP contribution in [0.5, 0.6) is 5.75 Å². The minimum Gasteiger partial charge on any atom is -0.492 e. The molecule has 0 radical (unpaired) electrons. The summed E-state index contributed by atoms with van der Waals surface area (Å²) in [7, 11) is 0. The Kier molecular flexibility index (Phi) is 5.29. The van der Waals surface area contributed by atoms with Crippen molar-refractivity contribution in [1.29, 1.82) is 0 Å². The van der Waals surface area contributed by atoms with E-state index in [-0.39, 0.29) is 12.6 Å². The molecule has 0 heterocycles. The van der Waals surface area contributed by atoms with Gasteiger partial charge in [0.1, 0.15) is 12.4 Å².